The Morgan fingerprint density at radius 2 is 1.91 bits per heavy atom. The summed E-state index contributed by atoms with van der Waals surface area (Å²) in [5, 5.41) is 5.07. The van der Waals surface area contributed by atoms with Crippen LogP contribution in [0.3, 0.4) is 0 Å². The number of hydrogen-bond donors (Lipinski definition) is 3. The molecule has 2 amide bonds. The zero-order valence-electron chi connectivity index (χ0n) is 19.4. The summed E-state index contributed by atoms with van der Waals surface area (Å²) < 4.78 is 46.5. The minimum Gasteiger partial charge on any atom is -0.444 e. The summed E-state index contributed by atoms with van der Waals surface area (Å²) in [6.07, 6.45) is -2.56. The molecule has 0 atom stereocenters. The van der Waals surface area contributed by atoms with Crippen LogP contribution in [0.15, 0.2) is 30.6 Å². The fourth-order valence-corrected chi connectivity index (χ4v) is 3.01. The highest BCUT2D eigenvalue weighted by molar-refractivity contribution is 5.89. The number of anilines is 2. The SMILES string of the molecule is CC(=O)Nc1nc2ccc(-c3cnc(N)c(C(F)(F)F)c3)cn2c1C#CCNC(=O)OC(C)(C)C. The third kappa shape index (κ3) is 6.41. The number of nitrogens with two attached hydrogens (primary N) is 1. The number of carbonyl (C=O) groups is 2. The summed E-state index contributed by atoms with van der Waals surface area (Å²) in [6, 6.07) is 4.04. The molecule has 3 rings (SSSR count). The maximum absolute atomic E-state index is 13.3. The lowest BCUT2D eigenvalue weighted by Gasteiger charge is -2.18. The first-order chi connectivity index (χ1) is 16.2. The molecule has 4 N–H and O–H groups in total. The summed E-state index contributed by atoms with van der Waals surface area (Å²) in [6.45, 7) is 6.42. The average molecular weight is 488 g/mol. The van der Waals surface area contributed by atoms with E-state index in [4.69, 9.17) is 10.5 Å². The van der Waals surface area contributed by atoms with Crippen LogP contribution in [-0.4, -0.2) is 38.5 Å². The van der Waals surface area contributed by atoms with Crippen LogP contribution in [-0.2, 0) is 15.7 Å². The molecule has 0 fully saturated rings. The van der Waals surface area contributed by atoms with Gasteiger partial charge in [0.05, 0.1) is 12.1 Å². The Labute approximate surface area is 198 Å². The van der Waals surface area contributed by atoms with Crippen molar-refractivity contribution in [3.63, 3.8) is 0 Å². The summed E-state index contributed by atoms with van der Waals surface area (Å²) >= 11 is 0. The number of pyridine rings is 2. The second kappa shape index (κ2) is 9.54. The second-order valence-electron chi connectivity index (χ2n) is 8.45. The molecule has 0 aliphatic carbocycles. The van der Waals surface area contributed by atoms with E-state index in [0.29, 0.717) is 11.2 Å². The number of halogens is 3. The Kier molecular flexibility index (Phi) is 6.91. The molecule has 0 saturated heterocycles. The number of carbonyl (C=O) groups excluding carboxylic acids is 2. The number of ether oxygens (including phenoxy) is 1. The van der Waals surface area contributed by atoms with E-state index < -0.39 is 29.3 Å². The van der Waals surface area contributed by atoms with E-state index in [1.807, 2.05) is 0 Å². The number of nitrogens with zero attached hydrogens (tertiary/aromatic N) is 3. The van der Waals surface area contributed by atoms with Crippen LogP contribution in [0.2, 0.25) is 0 Å². The van der Waals surface area contributed by atoms with E-state index >= 15 is 0 Å². The van der Waals surface area contributed by atoms with E-state index in [2.05, 4.69) is 32.4 Å². The van der Waals surface area contributed by atoms with Gasteiger partial charge in [0.2, 0.25) is 5.91 Å². The van der Waals surface area contributed by atoms with Crippen LogP contribution in [0.4, 0.5) is 29.6 Å². The third-order valence-corrected chi connectivity index (χ3v) is 4.40. The van der Waals surface area contributed by atoms with Gasteiger partial charge in [0.1, 0.15) is 22.8 Å². The van der Waals surface area contributed by atoms with Crippen LogP contribution in [0.1, 0.15) is 39.0 Å². The van der Waals surface area contributed by atoms with E-state index in [0.717, 1.165) is 6.07 Å². The highest BCUT2D eigenvalue weighted by Crippen LogP contribution is 2.35. The molecular formula is C23H23F3N6O3. The predicted molar refractivity (Wildman–Crippen MR) is 123 cm³/mol. The van der Waals surface area contributed by atoms with Gasteiger partial charge < -0.3 is 21.1 Å². The van der Waals surface area contributed by atoms with E-state index in [1.165, 1.54) is 23.7 Å². The van der Waals surface area contributed by atoms with Gasteiger partial charge in [0.15, 0.2) is 5.82 Å². The first kappa shape index (κ1) is 25.4. The molecule has 0 unspecified atom stereocenters. The van der Waals surface area contributed by atoms with Crippen molar-refractivity contribution in [3.05, 3.63) is 41.9 Å². The van der Waals surface area contributed by atoms with Crippen molar-refractivity contribution >= 4 is 29.3 Å². The van der Waals surface area contributed by atoms with Crippen LogP contribution in [0, 0.1) is 11.8 Å². The standard InChI is InChI=1S/C23H23F3N6O3/c1-13(33)30-20-17(6-5-9-28-21(34)35-22(2,3)4)32-12-14(7-8-18(32)31-20)15-10-16(23(24,25)26)19(27)29-11-15/h7-8,10-12H,9H2,1-4H3,(H2,27,29)(H,28,34)(H,30,33). The quantitative estimate of drug-likeness (QED) is 0.482. The van der Waals surface area contributed by atoms with Gasteiger partial charge in [-0.1, -0.05) is 5.92 Å². The van der Waals surface area contributed by atoms with E-state index in [1.54, 1.807) is 32.9 Å². The monoisotopic (exact) mass is 488 g/mol. The van der Waals surface area contributed by atoms with Gasteiger partial charge in [-0.05, 0) is 44.9 Å². The molecule has 3 aromatic rings. The Bertz CT molecular complexity index is 1350. The molecule has 35 heavy (non-hydrogen) atoms. The number of nitrogen functional groups attached to an aromatic ring is 1. The van der Waals surface area contributed by atoms with Crippen molar-refractivity contribution in [2.75, 3.05) is 17.6 Å². The fraction of sp³-hybridized carbons (Fsp3) is 0.304. The molecule has 12 heteroatoms. The minimum absolute atomic E-state index is 0.0574. The zero-order chi connectivity index (χ0) is 26.0. The van der Waals surface area contributed by atoms with Crippen molar-refractivity contribution in [1.29, 1.82) is 0 Å². The first-order valence-corrected chi connectivity index (χ1v) is 10.3. The highest BCUT2D eigenvalue weighted by Gasteiger charge is 2.34. The van der Waals surface area contributed by atoms with E-state index in [-0.39, 0.29) is 29.5 Å². The lowest BCUT2D eigenvalue weighted by molar-refractivity contribution is -0.137. The van der Waals surface area contributed by atoms with Crippen molar-refractivity contribution in [2.24, 2.45) is 0 Å². The molecule has 0 aliphatic heterocycles. The Hall–Kier alpha value is -4.27. The van der Waals surface area contributed by atoms with Crippen LogP contribution in [0.5, 0.6) is 0 Å². The van der Waals surface area contributed by atoms with Gasteiger partial charge in [-0.2, -0.15) is 13.2 Å². The summed E-state index contributed by atoms with van der Waals surface area (Å²) in [5.41, 5.74) is 4.90. The van der Waals surface area contributed by atoms with Gasteiger partial charge in [-0.3, -0.25) is 9.20 Å². The number of amides is 2. The van der Waals surface area contributed by atoms with Gasteiger partial charge in [0.25, 0.3) is 0 Å². The molecular weight excluding hydrogens is 465 g/mol. The van der Waals surface area contributed by atoms with Gasteiger partial charge in [0, 0.05) is 30.4 Å². The average Bonchev–Trinajstić information content (AvgIpc) is 3.05. The Morgan fingerprint density at radius 1 is 1.20 bits per heavy atom. The Balaban J connectivity index is 1.99. The smallest absolute Gasteiger partial charge is 0.419 e. The summed E-state index contributed by atoms with van der Waals surface area (Å²) in [5.74, 6) is 4.73. The highest BCUT2D eigenvalue weighted by atomic mass is 19.4. The normalized spacial score (nSPS) is 11.5. The number of rotatable bonds is 3. The second-order valence-corrected chi connectivity index (χ2v) is 8.45. The van der Waals surface area contributed by atoms with Crippen molar-refractivity contribution in [2.45, 2.75) is 39.5 Å². The first-order valence-electron chi connectivity index (χ1n) is 10.3. The number of alkyl halides is 3. The van der Waals surface area contributed by atoms with Crippen LogP contribution >= 0.6 is 0 Å². The van der Waals surface area contributed by atoms with Gasteiger partial charge >= 0.3 is 12.3 Å². The van der Waals surface area contributed by atoms with Gasteiger partial charge in [-0.15, -0.1) is 0 Å². The topological polar surface area (TPSA) is 124 Å². The number of aromatic nitrogens is 3. The molecule has 0 aromatic carbocycles. The van der Waals surface area contributed by atoms with Crippen molar-refractivity contribution in [1.82, 2.24) is 19.7 Å². The predicted octanol–water partition coefficient (Wildman–Crippen LogP) is 3.83. The fourth-order valence-electron chi connectivity index (χ4n) is 3.01. The van der Waals surface area contributed by atoms with Crippen LogP contribution in [0.25, 0.3) is 16.8 Å². The number of nitrogens with one attached hydrogen (secondary N) is 2. The number of hydrogen-bond acceptors (Lipinski definition) is 6. The molecule has 184 valence electrons. The number of imidazole rings is 1. The van der Waals surface area contributed by atoms with Gasteiger partial charge in [-0.25, -0.2) is 14.8 Å². The number of fused-ring (bicyclic) bond motifs is 1. The van der Waals surface area contributed by atoms with Crippen molar-refractivity contribution < 1.29 is 27.5 Å². The van der Waals surface area contributed by atoms with Crippen molar-refractivity contribution in [3.8, 4) is 23.0 Å². The van der Waals surface area contributed by atoms with E-state index in [9.17, 15) is 22.8 Å². The molecule has 9 nitrogen and oxygen atoms in total. The maximum Gasteiger partial charge on any atom is 0.419 e. The summed E-state index contributed by atoms with van der Waals surface area (Å²) in [7, 11) is 0. The molecule has 3 aromatic heterocycles. The maximum atomic E-state index is 13.3. The molecule has 0 saturated carbocycles. The molecule has 3 heterocycles. The molecule has 0 spiro atoms. The Morgan fingerprint density at radius 3 is 2.54 bits per heavy atom. The number of alkyl carbamates (subject to hydrolysis) is 1. The lowest BCUT2D eigenvalue weighted by atomic mass is 10.1. The largest absolute Gasteiger partial charge is 0.444 e. The molecule has 0 aliphatic rings. The molecule has 0 radical (unpaired) electrons. The third-order valence-electron chi connectivity index (χ3n) is 4.40. The van der Waals surface area contributed by atoms with Crippen LogP contribution < -0.4 is 16.4 Å². The zero-order valence-corrected chi connectivity index (χ0v) is 19.4. The summed E-state index contributed by atoms with van der Waals surface area (Å²) in [4.78, 5) is 31.4. The molecule has 0 bridgehead atoms. The lowest BCUT2D eigenvalue weighted by Crippen LogP contribution is -2.32. The minimum atomic E-state index is -4.66.